The summed E-state index contributed by atoms with van der Waals surface area (Å²) in [4.78, 5) is 47.7. The Kier molecular flexibility index (Phi) is 27.0. The van der Waals surface area contributed by atoms with Crippen LogP contribution in [0.5, 0.6) is 0 Å². The van der Waals surface area contributed by atoms with Crippen molar-refractivity contribution < 1.29 is 57.0 Å². The molecule has 0 aliphatic heterocycles. The Balaban J connectivity index is 1.70. The number of hydrogen-bond donors (Lipinski definition) is 4. The Morgan fingerprint density at radius 3 is 2.20 bits per heavy atom. The topological polar surface area (TPSA) is 205 Å². The summed E-state index contributed by atoms with van der Waals surface area (Å²) in [5.74, 6) is 0.440. The summed E-state index contributed by atoms with van der Waals surface area (Å²) in [7, 11) is -4.46. The van der Waals surface area contributed by atoms with E-state index in [0.29, 0.717) is 32.1 Å². The predicted molar refractivity (Wildman–Crippen MR) is 229 cm³/mol. The number of unbranched alkanes of at least 4 members (excludes halogenated alkanes) is 10. The van der Waals surface area contributed by atoms with Gasteiger partial charge in [0.05, 0.1) is 25.4 Å². The molecule has 0 aromatic carbocycles. The fourth-order valence-corrected chi connectivity index (χ4v) is 8.02. The molecule has 2 rings (SSSR count). The lowest BCUT2D eigenvalue weighted by atomic mass is 9.90. The molecule has 1 unspecified atom stereocenters. The van der Waals surface area contributed by atoms with Crippen LogP contribution in [0.15, 0.2) is 28.7 Å². The van der Waals surface area contributed by atoms with Crippen LogP contribution in [0.3, 0.4) is 0 Å². The standard InChI is InChI=1S/C45H76NO12P/c1-5-7-16-22-36(47)27-28-39-38(40(48)31-41(39)49)23-17-14-15-20-26-45(51)57-37(33-56-59(52,53)55-30-29-46)32-54-44(50)25-19-13-11-9-8-10-12-18-24-43-35(4)34(3)42(58-43)21-6-2/h14,17,27-28,36-40,47-48H,5-13,15-16,18-26,29-33,46H2,1-4H3,(H,52,53)/b17-14-,28-27+/t36-,37+,38+,39+,40-/m0/s1. The van der Waals surface area contributed by atoms with Crippen molar-refractivity contribution in [1.29, 1.82) is 0 Å². The number of carbonyl (C=O) groups is 3. The normalized spacial score (nSPS) is 19.1. The van der Waals surface area contributed by atoms with Crippen molar-refractivity contribution in [3.8, 4) is 0 Å². The minimum absolute atomic E-state index is 0.00456. The van der Waals surface area contributed by atoms with Crippen LogP contribution in [0.4, 0.5) is 0 Å². The number of aliphatic hydroxyl groups is 2. The number of phosphoric ester groups is 1. The maximum absolute atomic E-state index is 12.7. The first-order valence-corrected chi connectivity index (χ1v) is 23.8. The monoisotopic (exact) mass is 854 g/mol. The third-order valence-corrected chi connectivity index (χ3v) is 11.9. The molecular formula is C45H76NO12P. The van der Waals surface area contributed by atoms with E-state index in [2.05, 4.69) is 27.7 Å². The molecule has 13 nitrogen and oxygen atoms in total. The van der Waals surface area contributed by atoms with Crippen LogP contribution < -0.4 is 5.73 Å². The zero-order valence-corrected chi connectivity index (χ0v) is 37.3. The van der Waals surface area contributed by atoms with Crippen molar-refractivity contribution in [2.24, 2.45) is 17.6 Å². The maximum atomic E-state index is 12.7. The SMILES string of the molecule is CCCCC[C@H](O)/C=C/[C@H]1C(=O)C[C@H](O)[C@@H]1C/C=C\CCCC(=O)O[C@H](COC(=O)CCCCCCCCCCc1oc(CCC)c(C)c1C)COP(=O)(O)OCCN. The van der Waals surface area contributed by atoms with Crippen LogP contribution >= 0.6 is 7.82 Å². The van der Waals surface area contributed by atoms with Crippen LogP contribution in [0.25, 0.3) is 0 Å². The summed E-state index contributed by atoms with van der Waals surface area (Å²) in [6, 6.07) is 0. The van der Waals surface area contributed by atoms with Crippen molar-refractivity contribution in [2.75, 3.05) is 26.4 Å². The van der Waals surface area contributed by atoms with Gasteiger partial charge in [-0.2, -0.15) is 0 Å². The maximum Gasteiger partial charge on any atom is 0.472 e. The molecule has 1 fully saturated rings. The summed E-state index contributed by atoms with van der Waals surface area (Å²) in [6.07, 6.45) is 21.4. The second-order valence-corrected chi connectivity index (χ2v) is 17.4. The molecule has 0 bridgehead atoms. The molecule has 1 aliphatic carbocycles. The summed E-state index contributed by atoms with van der Waals surface area (Å²) < 4.78 is 38.9. The molecule has 0 amide bonds. The molecule has 0 radical (unpaired) electrons. The number of hydrogen-bond acceptors (Lipinski definition) is 12. The molecule has 1 aromatic heterocycles. The third-order valence-electron chi connectivity index (χ3n) is 10.9. The average Bonchev–Trinajstić information content (AvgIpc) is 3.63. The molecule has 0 saturated heterocycles. The average molecular weight is 854 g/mol. The molecular weight excluding hydrogens is 777 g/mol. The Morgan fingerprint density at radius 2 is 1.53 bits per heavy atom. The van der Waals surface area contributed by atoms with E-state index < -0.39 is 50.6 Å². The highest BCUT2D eigenvalue weighted by atomic mass is 31.2. The Labute approximate surface area is 353 Å². The van der Waals surface area contributed by atoms with Gasteiger partial charge in [0.2, 0.25) is 0 Å². The van der Waals surface area contributed by atoms with Gasteiger partial charge in [-0.3, -0.25) is 23.4 Å². The van der Waals surface area contributed by atoms with Gasteiger partial charge in [0.1, 0.15) is 23.9 Å². The highest BCUT2D eigenvalue weighted by Crippen LogP contribution is 2.43. The number of carbonyl (C=O) groups excluding carboxylic acids is 3. The molecule has 0 spiro atoms. The number of rotatable bonds is 34. The van der Waals surface area contributed by atoms with E-state index in [-0.39, 0.29) is 50.7 Å². The fraction of sp³-hybridized carbons (Fsp3) is 0.756. The number of aliphatic hydroxyl groups excluding tert-OH is 2. The molecule has 59 heavy (non-hydrogen) atoms. The second-order valence-electron chi connectivity index (χ2n) is 15.9. The number of phosphoric acid groups is 1. The van der Waals surface area contributed by atoms with Gasteiger partial charge in [-0.15, -0.1) is 0 Å². The molecule has 14 heteroatoms. The number of allylic oxidation sites excluding steroid dienone is 3. The van der Waals surface area contributed by atoms with Crippen molar-refractivity contribution >= 4 is 25.5 Å². The zero-order chi connectivity index (χ0) is 43.5. The lowest BCUT2D eigenvalue weighted by Gasteiger charge is -2.19. The van der Waals surface area contributed by atoms with E-state index in [9.17, 15) is 34.1 Å². The summed E-state index contributed by atoms with van der Waals surface area (Å²) >= 11 is 0. The van der Waals surface area contributed by atoms with Crippen molar-refractivity contribution in [3.05, 3.63) is 47.0 Å². The first-order valence-electron chi connectivity index (χ1n) is 22.3. The van der Waals surface area contributed by atoms with E-state index in [4.69, 9.17) is 28.7 Å². The summed E-state index contributed by atoms with van der Waals surface area (Å²) in [6.45, 7) is 7.51. The minimum atomic E-state index is -4.46. The van der Waals surface area contributed by atoms with Crippen LogP contribution in [0, 0.1) is 25.7 Å². The summed E-state index contributed by atoms with van der Waals surface area (Å²) in [5.41, 5.74) is 7.94. The highest BCUT2D eigenvalue weighted by Gasteiger charge is 2.39. The molecule has 1 aliphatic rings. The van der Waals surface area contributed by atoms with Crippen LogP contribution in [0.1, 0.15) is 158 Å². The van der Waals surface area contributed by atoms with E-state index >= 15 is 0 Å². The predicted octanol–water partition coefficient (Wildman–Crippen LogP) is 8.63. The number of aryl methyl sites for hydroxylation is 2. The van der Waals surface area contributed by atoms with E-state index in [1.807, 2.05) is 12.2 Å². The first kappa shape index (κ1) is 52.5. The highest BCUT2D eigenvalue weighted by molar-refractivity contribution is 7.47. The minimum Gasteiger partial charge on any atom is -0.466 e. The Hall–Kier alpha value is -2.64. The first-order chi connectivity index (χ1) is 28.3. The van der Waals surface area contributed by atoms with Crippen molar-refractivity contribution in [2.45, 2.75) is 181 Å². The smallest absolute Gasteiger partial charge is 0.466 e. The van der Waals surface area contributed by atoms with Crippen LogP contribution in [0.2, 0.25) is 0 Å². The fourth-order valence-electron chi connectivity index (χ4n) is 7.25. The van der Waals surface area contributed by atoms with Gasteiger partial charge in [0.15, 0.2) is 6.10 Å². The van der Waals surface area contributed by atoms with Crippen LogP contribution in [-0.4, -0.2) is 77.5 Å². The van der Waals surface area contributed by atoms with Crippen LogP contribution in [-0.2, 0) is 50.3 Å². The number of esters is 2. The van der Waals surface area contributed by atoms with Gasteiger partial charge >= 0.3 is 19.8 Å². The van der Waals surface area contributed by atoms with E-state index in [1.165, 1.54) is 17.5 Å². The Bertz CT molecular complexity index is 1460. The van der Waals surface area contributed by atoms with Gasteiger partial charge in [0.25, 0.3) is 0 Å². The zero-order valence-electron chi connectivity index (χ0n) is 36.4. The number of ketones is 1. The lowest BCUT2D eigenvalue weighted by molar-refractivity contribution is -0.161. The number of ether oxygens (including phenoxy) is 2. The van der Waals surface area contributed by atoms with Gasteiger partial charge in [-0.25, -0.2) is 4.57 Å². The number of Topliss-reactive ketones (excluding diaryl/α,β-unsaturated/α-hetero) is 1. The van der Waals surface area contributed by atoms with Gasteiger partial charge in [-0.05, 0) is 69.9 Å². The largest absolute Gasteiger partial charge is 0.472 e. The van der Waals surface area contributed by atoms with Gasteiger partial charge in [0, 0.05) is 50.5 Å². The van der Waals surface area contributed by atoms with Crippen molar-refractivity contribution in [3.63, 3.8) is 0 Å². The molecule has 1 aromatic rings. The quantitative estimate of drug-likeness (QED) is 0.0222. The molecule has 1 saturated carbocycles. The second kappa shape index (κ2) is 30.4. The molecule has 338 valence electrons. The third kappa shape index (κ3) is 22.1. The van der Waals surface area contributed by atoms with Gasteiger partial charge < -0.3 is 34.7 Å². The van der Waals surface area contributed by atoms with Gasteiger partial charge in [-0.1, -0.05) is 95.9 Å². The molecule has 1 heterocycles. The molecule has 5 N–H and O–H groups in total. The van der Waals surface area contributed by atoms with E-state index in [1.54, 1.807) is 12.2 Å². The number of furan rings is 1. The molecule has 6 atom stereocenters. The lowest BCUT2D eigenvalue weighted by Crippen LogP contribution is -2.29. The van der Waals surface area contributed by atoms with E-state index in [0.717, 1.165) is 88.6 Å². The number of nitrogens with two attached hydrogens (primary N) is 1. The Morgan fingerprint density at radius 1 is 0.864 bits per heavy atom. The summed E-state index contributed by atoms with van der Waals surface area (Å²) in [5, 5.41) is 20.7. The van der Waals surface area contributed by atoms with Crippen molar-refractivity contribution in [1.82, 2.24) is 0 Å².